The van der Waals surface area contributed by atoms with Crippen LogP contribution in [0.25, 0.3) is 11.6 Å². The molecule has 0 radical (unpaired) electrons. The molecular formula is C20H31N5O2. The first-order valence-corrected chi connectivity index (χ1v) is 10.2. The molecule has 0 N–H and O–H groups in total. The minimum atomic E-state index is 0.606. The Morgan fingerprint density at radius 2 is 1.96 bits per heavy atom. The molecule has 1 atom stereocenters. The monoisotopic (exact) mass is 373 g/mol. The zero-order valence-corrected chi connectivity index (χ0v) is 16.6. The molecular weight excluding hydrogens is 342 g/mol. The summed E-state index contributed by atoms with van der Waals surface area (Å²) in [6.07, 6.45) is 5.05. The number of likely N-dealkylation sites (tertiary alicyclic amines) is 1. The molecule has 2 aliphatic rings. The van der Waals surface area contributed by atoms with E-state index in [1.54, 1.807) is 0 Å². The van der Waals surface area contributed by atoms with E-state index in [0.29, 0.717) is 11.9 Å². The number of hydrogen-bond acceptors (Lipinski definition) is 6. The molecule has 4 rings (SSSR count). The Bertz CT molecular complexity index is 735. The van der Waals surface area contributed by atoms with E-state index in [4.69, 9.17) is 9.15 Å². The first-order chi connectivity index (χ1) is 13.2. The van der Waals surface area contributed by atoms with Crippen molar-refractivity contribution >= 4 is 0 Å². The van der Waals surface area contributed by atoms with Gasteiger partial charge in [-0.2, -0.15) is 0 Å². The van der Waals surface area contributed by atoms with E-state index in [-0.39, 0.29) is 0 Å². The summed E-state index contributed by atoms with van der Waals surface area (Å²) in [6.45, 7) is 8.98. The smallest absolute Gasteiger partial charge is 0.264 e. The largest absolute Gasteiger partial charge is 0.418 e. The summed E-state index contributed by atoms with van der Waals surface area (Å²) in [7, 11) is 2.03. The van der Waals surface area contributed by atoms with E-state index in [0.717, 1.165) is 57.5 Å². The zero-order chi connectivity index (χ0) is 18.6. The van der Waals surface area contributed by atoms with Gasteiger partial charge in [-0.1, -0.05) is 6.42 Å². The van der Waals surface area contributed by atoms with Crippen LogP contribution in [0.4, 0.5) is 0 Å². The predicted molar refractivity (Wildman–Crippen MR) is 103 cm³/mol. The van der Waals surface area contributed by atoms with Crippen molar-refractivity contribution in [3.05, 3.63) is 23.7 Å². The molecule has 0 unspecified atom stereocenters. The molecule has 2 saturated heterocycles. The summed E-state index contributed by atoms with van der Waals surface area (Å²) in [6, 6.07) is 4.72. The summed E-state index contributed by atoms with van der Waals surface area (Å²) in [4.78, 5) is 5.07. The zero-order valence-electron chi connectivity index (χ0n) is 16.6. The van der Waals surface area contributed by atoms with E-state index < -0.39 is 0 Å². The number of nitrogens with zero attached hydrogens (tertiary/aromatic N) is 5. The Hall–Kier alpha value is -1.70. The molecule has 2 aliphatic heterocycles. The van der Waals surface area contributed by atoms with Gasteiger partial charge in [-0.05, 0) is 51.4 Å². The Morgan fingerprint density at radius 1 is 1.11 bits per heavy atom. The van der Waals surface area contributed by atoms with E-state index in [1.807, 2.05) is 13.1 Å². The average molecular weight is 374 g/mol. The third kappa shape index (κ3) is 4.42. The lowest BCUT2D eigenvalue weighted by molar-refractivity contribution is 0.0296. The van der Waals surface area contributed by atoms with Crippen molar-refractivity contribution < 1.29 is 9.15 Å². The number of hydrogen-bond donors (Lipinski definition) is 0. The van der Waals surface area contributed by atoms with Gasteiger partial charge in [0.05, 0.1) is 19.8 Å². The number of aryl methyl sites for hydroxylation is 1. The van der Waals surface area contributed by atoms with Gasteiger partial charge in [-0.25, -0.2) is 0 Å². The van der Waals surface area contributed by atoms with E-state index in [1.165, 1.54) is 31.4 Å². The summed E-state index contributed by atoms with van der Waals surface area (Å²) in [5.74, 6) is 1.34. The number of morpholine rings is 1. The van der Waals surface area contributed by atoms with E-state index in [9.17, 15) is 0 Å². The normalized spacial score (nSPS) is 22.4. The molecule has 0 amide bonds. The fourth-order valence-corrected chi connectivity index (χ4v) is 4.17. The van der Waals surface area contributed by atoms with Gasteiger partial charge in [0.2, 0.25) is 5.89 Å². The highest BCUT2D eigenvalue weighted by Gasteiger charge is 2.25. The predicted octanol–water partition coefficient (Wildman–Crippen LogP) is 2.46. The van der Waals surface area contributed by atoms with Crippen molar-refractivity contribution in [2.75, 3.05) is 39.4 Å². The Balaban J connectivity index is 1.37. The van der Waals surface area contributed by atoms with Crippen LogP contribution in [-0.4, -0.2) is 70.0 Å². The molecule has 7 heteroatoms. The number of aromatic nitrogens is 3. The maximum Gasteiger partial charge on any atom is 0.264 e. The van der Waals surface area contributed by atoms with Crippen LogP contribution in [-0.2, 0) is 18.3 Å². The van der Waals surface area contributed by atoms with Crippen LogP contribution in [0.1, 0.15) is 37.3 Å². The molecule has 7 nitrogen and oxygen atoms in total. The number of ether oxygens (including phenoxy) is 1. The van der Waals surface area contributed by atoms with Gasteiger partial charge in [0, 0.05) is 31.9 Å². The first-order valence-electron chi connectivity index (χ1n) is 10.2. The fourth-order valence-electron chi connectivity index (χ4n) is 4.17. The molecule has 2 fully saturated rings. The Morgan fingerprint density at radius 3 is 2.74 bits per heavy atom. The maximum absolute atomic E-state index is 6.00. The summed E-state index contributed by atoms with van der Waals surface area (Å²) in [5.41, 5.74) is 2.16. The van der Waals surface area contributed by atoms with Gasteiger partial charge < -0.3 is 13.7 Å². The van der Waals surface area contributed by atoms with Crippen LogP contribution < -0.4 is 0 Å². The van der Waals surface area contributed by atoms with Gasteiger partial charge in [-0.3, -0.25) is 9.80 Å². The Kier molecular flexibility index (Phi) is 5.90. The molecule has 4 heterocycles. The van der Waals surface area contributed by atoms with Gasteiger partial charge in [0.15, 0.2) is 0 Å². The topological polar surface area (TPSA) is 59.6 Å². The first kappa shape index (κ1) is 18.7. The quantitative estimate of drug-likeness (QED) is 0.775. The minimum absolute atomic E-state index is 0.606. The van der Waals surface area contributed by atoms with Gasteiger partial charge in [0.1, 0.15) is 5.69 Å². The number of piperidine rings is 1. The lowest BCUT2D eigenvalue weighted by Gasteiger charge is -2.36. The van der Waals surface area contributed by atoms with Crippen molar-refractivity contribution in [1.82, 2.24) is 24.6 Å². The highest BCUT2D eigenvalue weighted by Crippen LogP contribution is 2.24. The van der Waals surface area contributed by atoms with Crippen molar-refractivity contribution in [3.63, 3.8) is 0 Å². The van der Waals surface area contributed by atoms with Gasteiger partial charge in [-0.15, -0.1) is 10.2 Å². The molecule has 0 bridgehead atoms. The third-order valence-corrected chi connectivity index (χ3v) is 6.03. The summed E-state index contributed by atoms with van der Waals surface area (Å²) < 4.78 is 13.5. The second-order valence-corrected chi connectivity index (χ2v) is 7.78. The highest BCUT2D eigenvalue weighted by atomic mass is 16.5. The molecule has 0 saturated carbocycles. The maximum atomic E-state index is 6.00. The van der Waals surface area contributed by atoms with Crippen molar-refractivity contribution in [2.24, 2.45) is 7.05 Å². The van der Waals surface area contributed by atoms with E-state index >= 15 is 0 Å². The van der Waals surface area contributed by atoms with Crippen LogP contribution in [0.3, 0.4) is 0 Å². The van der Waals surface area contributed by atoms with Crippen LogP contribution in [0.5, 0.6) is 0 Å². The standard InChI is InChI=1S/C20H31N5O2/c1-16-6-7-18(23(16)2)20-22-21-19(27-20)15-25-9-4-3-5-17(25)8-10-24-11-13-26-14-12-24/h6-7,17H,3-5,8-15H2,1-2H3/t17-/m0/s1. The average Bonchev–Trinajstić information content (AvgIpc) is 3.29. The molecule has 2 aromatic rings. The van der Waals surface area contributed by atoms with E-state index in [2.05, 4.69) is 37.6 Å². The minimum Gasteiger partial charge on any atom is -0.418 e. The van der Waals surface area contributed by atoms with Crippen LogP contribution in [0.15, 0.2) is 16.5 Å². The summed E-state index contributed by atoms with van der Waals surface area (Å²) in [5, 5.41) is 8.61. The molecule has 148 valence electrons. The lowest BCUT2D eigenvalue weighted by atomic mass is 9.99. The Labute approximate surface area is 161 Å². The van der Waals surface area contributed by atoms with Crippen LogP contribution >= 0.6 is 0 Å². The summed E-state index contributed by atoms with van der Waals surface area (Å²) >= 11 is 0. The van der Waals surface area contributed by atoms with Gasteiger partial charge >= 0.3 is 0 Å². The van der Waals surface area contributed by atoms with Crippen LogP contribution in [0, 0.1) is 6.92 Å². The third-order valence-electron chi connectivity index (χ3n) is 6.03. The van der Waals surface area contributed by atoms with Crippen LogP contribution in [0.2, 0.25) is 0 Å². The molecule has 27 heavy (non-hydrogen) atoms. The second kappa shape index (κ2) is 8.54. The van der Waals surface area contributed by atoms with Crippen molar-refractivity contribution in [3.8, 4) is 11.6 Å². The van der Waals surface area contributed by atoms with Crippen molar-refractivity contribution in [2.45, 2.75) is 45.2 Å². The lowest BCUT2D eigenvalue weighted by Crippen LogP contribution is -2.43. The fraction of sp³-hybridized carbons (Fsp3) is 0.700. The molecule has 0 aromatic carbocycles. The SMILES string of the molecule is Cc1ccc(-c2nnc(CN3CCCC[C@H]3CCN3CCOCC3)o2)n1C. The molecule has 0 spiro atoms. The second-order valence-electron chi connectivity index (χ2n) is 7.78. The van der Waals surface area contributed by atoms with Gasteiger partial charge in [0.25, 0.3) is 5.89 Å². The molecule has 2 aromatic heterocycles. The molecule has 0 aliphatic carbocycles. The highest BCUT2D eigenvalue weighted by molar-refractivity contribution is 5.48. The van der Waals surface area contributed by atoms with Crippen molar-refractivity contribution in [1.29, 1.82) is 0 Å². The number of rotatable bonds is 6.